The Morgan fingerprint density at radius 1 is 1.22 bits per heavy atom. The highest BCUT2D eigenvalue weighted by molar-refractivity contribution is 6.05. The van der Waals surface area contributed by atoms with Crippen LogP contribution in [0.3, 0.4) is 0 Å². The number of rotatable bonds is 7. The molecule has 1 N–H and O–H groups in total. The Bertz CT molecular complexity index is 985. The van der Waals surface area contributed by atoms with Gasteiger partial charge in [0.1, 0.15) is 11.6 Å². The molecule has 1 amide bonds. The quantitative estimate of drug-likeness (QED) is 0.617. The lowest BCUT2D eigenvalue weighted by molar-refractivity contribution is 0.102. The first-order chi connectivity index (χ1) is 15.5. The fourth-order valence-electron chi connectivity index (χ4n) is 4.81. The number of nitrogens with one attached hydrogen (secondary N) is 1. The first kappa shape index (κ1) is 22.3. The van der Waals surface area contributed by atoms with Crippen molar-refractivity contribution in [3.8, 4) is 5.75 Å². The molecule has 0 spiro atoms. The number of benzene rings is 1. The molecule has 2 aromatic rings. The second-order valence-corrected chi connectivity index (χ2v) is 9.00. The molecule has 32 heavy (non-hydrogen) atoms. The topological polar surface area (TPSA) is 59.4 Å². The molecule has 4 rings (SSSR count). The number of para-hydroxylation sites is 1. The number of amides is 1. The highest BCUT2D eigenvalue weighted by Gasteiger charge is 2.25. The summed E-state index contributed by atoms with van der Waals surface area (Å²) in [5, 5.41) is 7.55. The zero-order chi connectivity index (χ0) is 22.5. The van der Waals surface area contributed by atoms with Crippen molar-refractivity contribution in [1.82, 2.24) is 14.7 Å². The standard InChI is InChI=1S/C26H34N4O2/c1-19(2)21-10-8-20(9-11-21)18-29-16-13-22(14-17-29)30-25(12-15-27-30)28-26(31)23-6-4-5-7-24(23)32-3/h4-8,12,15,21-22H,1,9-11,13-14,16-18H2,2-3H3,(H,28,31)/t21-/m1/s1. The molecule has 1 aliphatic carbocycles. The van der Waals surface area contributed by atoms with Crippen molar-refractivity contribution in [2.24, 2.45) is 5.92 Å². The average Bonchev–Trinajstić information content (AvgIpc) is 3.28. The van der Waals surface area contributed by atoms with Gasteiger partial charge < -0.3 is 10.1 Å². The van der Waals surface area contributed by atoms with E-state index in [4.69, 9.17) is 4.74 Å². The van der Waals surface area contributed by atoms with Crippen LogP contribution < -0.4 is 10.1 Å². The Balaban J connectivity index is 1.33. The van der Waals surface area contributed by atoms with E-state index in [2.05, 4.69) is 34.9 Å². The number of anilines is 1. The van der Waals surface area contributed by atoms with E-state index in [0.717, 1.165) is 44.7 Å². The van der Waals surface area contributed by atoms with Crippen molar-refractivity contribution in [2.45, 2.75) is 45.1 Å². The fourth-order valence-corrected chi connectivity index (χ4v) is 4.81. The van der Waals surface area contributed by atoms with E-state index >= 15 is 0 Å². The lowest BCUT2D eigenvalue weighted by Crippen LogP contribution is -2.36. The summed E-state index contributed by atoms with van der Waals surface area (Å²) in [6.07, 6.45) is 9.82. The monoisotopic (exact) mass is 434 g/mol. The normalized spacial score (nSPS) is 19.9. The van der Waals surface area contributed by atoms with E-state index in [0.29, 0.717) is 23.3 Å². The van der Waals surface area contributed by atoms with Crippen LogP contribution in [0.15, 0.2) is 60.3 Å². The molecular weight excluding hydrogens is 400 g/mol. The number of nitrogens with zero attached hydrogens (tertiary/aromatic N) is 3. The fraction of sp³-hybridized carbons (Fsp3) is 0.462. The number of allylic oxidation sites excluding steroid dienone is 2. The van der Waals surface area contributed by atoms with Gasteiger partial charge in [-0.15, -0.1) is 0 Å². The molecule has 2 aliphatic rings. The number of ether oxygens (including phenoxy) is 1. The SMILES string of the molecule is C=C(C)[C@@H]1CC=C(CN2CCC(n3nccc3NC(=O)c3ccccc3OC)CC2)CC1. The summed E-state index contributed by atoms with van der Waals surface area (Å²) < 4.78 is 7.30. The van der Waals surface area contributed by atoms with Crippen molar-refractivity contribution in [2.75, 3.05) is 32.1 Å². The third-order valence-electron chi connectivity index (χ3n) is 6.80. The molecule has 1 aromatic heterocycles. The van der Waals surface area contributed by atoms with Gasteiger partial charge in [0.05, 0.1) is 24.9 Å². The van der Waals surface area contributed by atoms with E-state index in [-0.39, 0.29) is 5.91 Å². The third-order valence-corrected chi connectivity index (χ3v) is 6.80. The molecule has 170 valence electrons. The highest BCUT2D eigenvalue weighted by atomic mass is 16.5. The number of hydrogen-bond donors (Lipinski definition) is 1. The van der Waals surface area contributed by atoms with E-state index in [1.54, 1.807) is 31.0 Å². The average molecular weight is 435 g/mol. The minimum Gasteiger partial charge on any atom is -0.496 e. The van der Waals surface area contributed by atoms with Crippen molar-refractivity contribution in [1.29, 1.82) is 0 Å². The zero-order valence-electron chi connectivity index (χ0n) is 19.2. The van der Waals surface area contributed by atoms with Crippen LogP contribution in [0.25, 0.3) is 0 Å². The van der Waals surface area contributed by atoms with Gasteiger partial charge in [-0.1, -0.05) is 35.9 Å². The predicted octanol–water partition coefficient (Wildman–Crippen LogP) is 5.08. The number of likely N-dealkylation sites (tertiary alicyclic amines) is 1. The molecule has 1 aromatic carbocycles. The second-order valence-electron chi connectivity index (χ2n) is 9.00. The Kier molecular flexibility index (Phi) is 7.10. The molecule has 1 atom stereocenters. The second kappa shape index (κ2) is 10.2. The largest absolute Gasteiger partial charge is 0.496 e. The molecule has 0 saturated carbocycles. The minimum atomic E-state index is -0.182. The first-order valence-corrected chi connectivity index (χ1v) is 11.6. The number of methoxy groups -OCH3 is 1. The van der Waals surface area contributed by atoms with Gasteiger partial charge >= 0.3 is 0 Å². The van der Waals surface area contributed by atoms with Crippen molar-refractivity contribution >= 4 is 11.7 Å². The van der Waals surface area contributed by atoms with Gasteiger partial charge in [-0.2, -0.15) is 5.10 Å². The summed E-state index contributed by atoms with van der Waals surface area (Å²) in [6.45, 7) is 9.44. The molecule has 0 unspecified atom stereocenters. The lowest BCUT2D eigenvalue weighted by atomic mass is 9.85. The van der Waals surface area contributed by atoms with Crippen LogP contribution in [-0.4, -0.2) is 47.3 Å². The van der Waals surface area contributed by atoms with E-state index < -0.39 is 0 Å². The van der Waals surface area contributed by atoms with Gasteiger partial charge in [0.25, 0.3) is 5.91 Å². The maximum atomic E-state index is 12.8. The van der Waals surface area contributed by atoms with Gasteiger partial charge in [-0.05, 0) is 57.1 Å². The van der Waals surface area contributed by atoms with Crippen LogP contribution >= 0.6 is 0 Å². The summed E-state index contributed by atoms with van der Waals surface area (Å²) in [5.41, 5.74) is 3.41. The van der Waals surface area contributed by atoms with Crippen LogP contribution in [0, 0.1) is 5.92 Å². The maximum absolute atomic E-state index is 12.8. The number of hydrogen-bond acceptors (Lipinski definition) is 4. The van der Waals surface area contributed by atoms with Crippen molar-refractivity contribution in [3.63, 3.8) is 0 Å². The van der Waals surface area contributed by atoms with Crippen LogP contribution in [0.5, 0.6) is 5.75 Å². The summed E-state index contributed by atoms with van der Waals surface area (Å²) in [7, 11) is 1.58. The van der Waals surface area contributed by atoms with Gasteiger partial charge in [0.15, 0.2) is 0 Å². The summed E-state index contributed by atoms with van der Waals surface area (Å²) in [5.74, 6) is 1.78. The minimum absolute atomic E-state index is 0.182. The van der Waals surface area contributed by atoms with Crippen molar-refractivity contribution in [3.05, 3.63) is 65.9 Å². The Morgan fingerprint density at radius 2 is 2.00 bits per heavy atom. The molecule has 0 radical (unpaired) electrons. The zero-order valence-corrected chi connectivity index (χ0v) is 19.2. The van der Waals surface area contributed by atoms with Gasteiger partial charge in [0, 0.05) is 25.7 Å². The predicted molar refractivity (Wildman–Crippen MR) is 128 cm³/mol. The van der Waals surface area contributed by atoms with E-state index in [9.17, 15) is 4.79 Å². The number of carbonyl (C=O) groups excluding carboxylic acids is 1. The Labute approximate surface area is 190 Å². The third kappa shape index (κ3) is 5.13. The van der Waals surface area contributed by atoms with Crippen molar-refractivity contribution < 1.29 is 9.53 Å². The number of carbonyl (C=O) groups is 1. The van der Waals surface area contributed by atoms with Gasteiger partial charge in [-0.3, -0.25) is 9.69 Å². The molecule has 6 heteroatoms. The van der Waals surface area contributed by atoms with E-state index in [1.165, 1.54) is 18.4 Å². The highest BCUT2D eigenvalue weighted by Crippen LogP contribution is 2.31. The Hall–Kier alpha value is -2.86. The smallest absolute Gasteiger partial charge is 0.260 e. The van der Waals surface area contributed by atoms with Gasteiger partial charge in [-0.25, -0.2) is 4.68 Å². The first-order valence-electron chi connectivity index (χ1n) is 11.6. The lowest BCUT2D eigenvalue weighted by Gasteiger charge is -2.34. The molecular formula is C26H34N4O2. The molecule has 1 saturated heterocycles. The molecule has 0 bridgehead atoms. The summed E-state index contributed by atoms with van der Waals surface area (Å²) in [6, 6.07) is 9.42. The number of aromatic nitrogens is 2. The number of piperidine rings is 1. The van der Waals surface area contributed by atoms with E-state index in [1.807, 2.05) is 22.9 Å². The van der Waals surface area contributed by atoms with Crippen LogP contribution in [0.2, 0.25) is 0 Å². The summed E-state index contributed by atoms with van der Waals surface area (Å²) >= 11 is 0. The summed E-state index contributed by atoms with van der Waals surface area (Å²) in [4.78, 5) is 15.4. The maximum Gasteiger partial charge on any atom is 0.260 e. The molecule has 6 nitrogen and oxygen atoms in total. The molecule has 1 fully saturated rings. The Morgan fingerprint density at radius 3 is 2.69 bits per heavy atom. The van der Waals surface area contributed by atoms with Crippen LogP contribution in [0.4, 0.5) is 5.82 Å². The van der Waals surface area contributed by atoms with Crippen LogP contribution in [-0.2, 0) is 0 Å². The van der Waals surface area contributed by atoms with Crippen LogP contribution in [0.1, 0.15) is 55.4 Å². The molecule has 2 heterocycles. The van der Waals surface area contributed by atoms with Gasteiger partial charge in [0.2, 0.25) is 0 Å². The molecule has 1 aliphatic heterocycles.